The number of aromatic nitrogens is 3. The van der Waals surface area contributed by atoms with Gasteiger partial charge in [0, 0.05) is 42.6 Å². The van der Waals surface area contributed by atoms with Crippen molar-refractivity contribution in [1.82, 2.24) is 19.7 Å². The molecular weight excluding hydrogens is 485 g/mol. The van der Waals surface area contributed by atoms with Crippen LogP contribution in [0.5, 0.6) is 0 Å². The summed E-state index contributed by atoms with van der Waals surface area (Å²) in [6.07, 6.45) is 8.45. The van der Waals surface area contributed by atoms with Crippen molar-refractivity contribution in [2.45, 2.75) is 18.6 Å². The zero-order valence-corrected chi connectivity index (χ0v) is 19.8. The summed E-state index contributed by atoms with van der Waals surface area (Å²) in [6.45, 7) is 0.323. The van der Waals surface area contributed by atoms with E-state index >= 15 is 4.39 Å². The number of nitrogens with zero attached hydrogens (tertiary/aromatic N) is 4. The van der Waals surface area contributed by atoms with Crippen LogP contribution in [-0.2, 0) is 11.3 Å². The van der Waals surface area contributed by atoms with Gasteiger partial charge in [-0.05, 0) is 58.5 Å². The van der Waals surface area contributed by atoms with Gasteiger partial charge in [-0.25, -0.2) is 13.2 Å². The topological polar surface area (TPSA) is 51.0 Å². The summed E-state index contributed by atoms with van der Waals surface area (Å²) in [5.41, 5.74) is 1.72. The Morgan fingerprint density at radius 3 is 2.39 bits per heavy atom. The summed E-state index contributed by atoms with van der Waals surface area (Å²) in [4.78, 5) is 19.8. The highest BCUT2D eigenvalue weighted by atomic mass is 32.2. The molecule has 4 aromatic rings. The minimum absolute atomic E-state index is 0.129. The summed E-state index contributed by atoms with van der Waals surface area (Å²) in [5, 5.41) is 6.21. The molecule has 1 amide bonds. The van der Waals surface area contributed by atoms with Gasteiger partial charge in [0.1, 0.15) is 5.82 Å². The molecule has 182 valence electrons. The molecule has 0 N–H and O–H groups in total. The molecule has 0 aliphatic carbocycles. The van der Waals surface area contributed by atoms with Crippen molar-refractivity contribution in [3.05, 3.63) is 119 Å². The third-order valence-corrected chi connectivity index (χ3v) is 6.90. The maximum Gasteiger partial charge on any atom is 0.252 e. The number of pyridine rings is 1. The van der Waals surface area contributed by atoms with E-state index in [4.69, 9.17) is 0 Å². The SMILES string of the molecule is O=C(C(c1ccc(-c2ccc(F)c(F)c2)cc1F)n1cccn1)N(Cc1ccncc1)C1C=CSC1. The van der Waals surface area contributed by atoms with Crippen molar-refractivity contribution in [1.29, 1.82) is 0 Å². The molecule has 2 unspecified atom stereocenters. The highest BCUT2D eigenvalue weighted by Gasteiger charge is 2.34. The Morgan fingerprint density at radius 1 is 1.00 bits per heavy atom. The van der Waals surface area contributed by atoms with Crippen molar-refractivity contribution in [2.75, 3.05) is 5.75 Å². The number of benzene rings is 2. The molecule has 2 atom stereocenters. The van der Waals surface area contributed by atoms with Gasteiger partial charge in [-0.1, -0.05) is 24.3 Å². The molecule has 36 heavy (non-hydrogen) atoms. The molecular formula is C27H21F3N4OS. The van der Waals surface area contributed by atoms with E-state index in [1.54, 1.807) is 47.4 Å². The fourth-order valence-corrected chi connectivity index (χ4v) is 5.07. The lowest BCUT2D eigenvalue weighted by Crippen LogP contribution is -2.44. The molecule has 9 heteroatoms. The maximum atomic E-state index is 15.6. The van der Waals surface area contributed by atoms with Crippen molar-refractivity contribution in [3.8, 4) is 11.1 Å². The smallest absolute Gasteiger partial charge is 0.252 e. The predicted molar refractivity (Wildman–Crippen MR) is 132 cm³/mol. The standard InChI is InChI=1S/C27H21F3N4OS/c28-23-5-3-20(15-25(23)30)19-2-4-22(24(29)14-19)26(34-12-1-9-32-34)27(35)33(21-8-13-36-17-21)16-18-6-10-31-11-7-18/h1-15,21,26H,16-17H2. The molecule has 2 aromatic carbocycles. The number of thioether (sulfide) groups is 1. The van der Waals surface area contributed by atoms with Crippen LogP contribution in [0.4, 0.5) is 13.2 Å². The Labute approximate surface area is 210 Å². The van der Waals surface area contributed by atoms with Crippen molar-refractivity contribution < 1.29 is 18.0 Å². The van der Waals surface area contributed by atoms with Crippen LogP contribution in [0.1, 0.15) is 17.2 Å². The van der Waals surface area contributed by atoms with Gasteiger partial charge in [0.2, 0.25) is 0 Å². The number of halogens is 3. The Bertz CT molecular complexity index is 1400. The molecule has 0 saturated carbocycles. The molecule has 0 radical (unpaired) electrons. The van der Waals surface area contributed by atoms with E-state index in [9.17, 15) is 13.6 Å². The molecule has 0 bridgehead atoms. The maximum absolute atomic E-state index is 15.6. The number of hydrogen-bond donors (Lipinski definition) is 0. The molecule has 0 saturated heterocycles. The van der Waals surface area contributed by atoms with Crippen LogP contribution in [0.15, 0.2) is 90.9 Å². The first-order chi connectivity index (χ1) is 17.5. The third kappa shape index (κ3) is 4.92. The second-order valence-electron chi connectivity index (χ2n) is 8.30. The minimum atomic E-state index is -1.06. The molecule has 0 spiro atoms. The second-order valence-corrected chi connectivity index (χ2v) is 9.24. The monoisotopic (exact) mass is 506 g/mol. The van der Waals surface area contributed by atoms with Gasteiger partial charge >= 0.3 is 0 Å². The average molecular weight is 507 g/mol. The summed E-state index contributed by atoms with van der Waals surface area (Å²) in [7, 11) is 0. The average Bonchev–Trinajstić information content (AvgIpc) is 3.61. The van der Waals surface area contributed by atoms with E-state index in [0.717, 1.165) is 17.7 Å². The normalized spacial score (nSPS) is 15.7. The Kier molecular flexibility index (Phi) is 6.90. The van der Waals surface area contributed by atoms with Crippen molar-refractivity contribution in [2.24, 2.45) is 0 Å². The fourth-order valence-electron chi connectivity index (χ4n) is 4.18. The third-order valence-electron chi connectivity index (χ3n) is 6.02. The lowest BCUT2D eigenvalue weighted by atomic mass is 9.98. The van der Waals surface area contributed by atoms with Crippen LogP contribution >= 0.6 is 11.8 Å². The number of carbonyl (C=O) groups is 1. The van der Waals surface area contributed by atoms with Crippen LogP contribution in [0.25, 0.3) is 11.1 Å². The molecule has 5 rings (SSSR count). The van der Waals surface area contributed by atoms with Crippen molar-refractivity contribution >= 4 is 17.7 Å². The summed E-state index contributed by atoms with van der Waals surface area (Å²) >= 11 is 1.61. The van der Waals surface area contributed by atoms with Crippen molar-refractivity contribution in [3.63, 3.8) is 0 Å². The molecule has 3 heterocycles. The number of amides is 1. The largest absolute Gasteiger partial charge is 0.329 e. The van der Waals surface area contributed by atoms with Gasteiger partial charge in [-0.3, -0.25) is 14.5 Å². The van der Waals surface area contributed by atoms with E-state index in [0.29, 0.717) is 23.4 Å². The van der Waals surface area contributed by atoms with Gasteiger partial charge < -0.3 is 4.90 Å². The lowest BCUT2D eigenvalue weighted by Gasteiger charge is -2.32. The van der Waals surface area contributed by atoms with Gasteiger partial charge in [0.25, 0.3) is 5.91 Å². The molecule has 1 aliphatic rings. The van der Waals surface area contributed by atoms with E-state index in [1.807, 2.05) is 23.6 Å². The Morgan fingerprint density at radius 2 is 1.75 bits per heavy atom. The quantitative estimate of drug-likeness (QED) is 0.327. The van der Waals surface area contributed by atoms with E-state index < -0.39 is 23.5 Å². The van der Waals surface area contributed by atoms with Gasteiger partial charge in [-0.2, -0.15) is 5.10 Å². The zero-order valence-electron chi connectivity index (χ0n) is 19.0. The first-order valence-electron chi connectivity index (χ1n) is 11.2. The first kappa shape index (κ1) is 23.9. The summed E-state index contributed by atoms with van der Waals surface area (Å²) < 4.78 is 44.1. The van der Waals surface area contributed by atoms with Gasteiger partial charge in [0.05, 0.1) is 6.04 Å². The predicted octanol–water partition coefficient (Wildman–Crippen LogP) is 5.61. The van der Waals surface area contributed by atoms with E-state index in [1.165, 1.54) is 29.1 Å². The van der Waals surface area contributed by atoms with E-state index in [2.05, 4.69) is 10.1 Å². The van der Waals surface area contributed by atoms with E-state index in [-0.39, 0.29) is 17.5 Å². The van der Waals surface area contributed by atoms with Crippen LogP contribution in [0, 0.1) is 17.5 Å². The Balaban J connectivity index is 1.53. The Hall–Kier alpha value is -3.85. The first-order valence-corrected chi connectivity index (χ1v) is 12.3. The van der Waals surface area contributed by atoms with Crippen LogP contribution < -0.4 is 0 Å². The summed E-state index contributed by atoms with van der Waals surface area (Å²) in [5.74, 6) is -2.26. The highest BCUT2D eigenvalue weighted by molar-refractivity contribution is 8.02. The summed E-state index contributed by atoms with van der Waals surface area (Å²) in [6, 6.07) is 11.8. The molecule has 1 aliphatic heterocycles. The number of carbonyl (C=O) groups excluding carboxylic acids is 1. The fraction of sp³-hybridized carbons (Fsp3) is 0.148. The second kappa shape index (κ2) is 10.4. The van der Waals surface area contributed by atoms with Crippen LogP contribution in [-0.4, -0.2) is 37.4 Å². The number of rotatable bonds is 7. The van der Waals surface area contributed by atoms with Crippen LogP contribution in [0.3, 0.4) is 0 Å². The highest BCUT2D eigenvalue weighted by Crippen LogP contribution is 2.31. The van der Waals surface area contributed by atoms with Gasteiger partial charge in [-0.15, -0.1) is 11.8 Å². The molecule has 5 nitrogen and oxygen atoms in total. The molecule has 0 fully saturated rings. The minimum Gasteiger partial charge on any atom is -0.329 e. The zero-order chi connectivity index (χ0) is 25.1. The lowest BCUT2D eigenvalue weighted by molar-refractivity contribution is -0.135. The van der Waals surface area contributed by atoms with Crippen LogP contribution in [0.2, 0.25) is 0 Å². The molecule has 2 aromatic heterocycles. The number of hydrogen-bond acceptors (Lipinski definition) is 4. The van der Waals surface area contributed by atoms with Gasteiger partial charge in [0.15, 0.2) is 17.7 Å².